The van der Waals surface area contributed by atoms with Gasteiger partial charge < -0.3 is 15.8 Å². The van der Waals surface area contributed by atoms with Crippen molar-refractivity contribution in [1.29, 1.82) is 0 Å². The SMILES string of the molecule is Nc1ncnc2nc(-c3ccc(C4CNCCO4)cc3)cc(-c3cc(Br)cs3)c12. The van der Waals surface area contributed by atoms with Crippen molar-refractivity contribution in [3.05, 3.63) is 58.1 Å². The smallest absolute Gasteiger partial charge is 0.165 e. The number of thiophene rings is 1. The van der Waals surface area contributed by atoms with Crippen LogP contribution >= 0.6 is 27.3 Å². The molecule has 0 radical (unpaired) electrons. The molecule has 3 N–H and O–H groups in total. The topological polar surface area (TPSA) is 86.0 Å². The van der Waals surface area contributed by atoms with Crippen LogP contribution in [0.3, 0.4) is 0 Å². The second-order valence-electron chi connectivity index (χ2n) is 6.83. The fourth-order valence-corrected chi connectivity index (χ4v) is 4.98. The van der Waals surface area contributed by atoms with Crippen LogP contribution in [0.4, 0.5) is 5.82 Å². The lowest BCUT2D eigenvalue weighted by Crippen LogP contribution is -2.33. The molecule has 0 saturated carbocycles. The highest BCUT2D eigenvalue weighted by Crippen LogP contribution is 2.38. The number of hydrogen-bond donors (Lipinski definition) is 2. The van der Waals surface area contributed by atoms with Gasteiger partial charge in [0.2, 0.25) is 0 Å². The highest BCUT2D eigenvalue weighted by Gasteiger charge is 2.17. The van der Waals surface area contributed by atoms with Crippen LogP contribution in [-0.2, 0) is 4.74 Å². The van der Waals surface area contributed by atoms with Crippen LogP contribution in [-0.4, -0.2) is 34.6 Å². The summed E-state index contributed by atoms with van der Waals surface area (Å²) in [4.78, 5) is 14.4. The molecule has 0 spiro atoms. The standard InChI is InChI=1S/C21H18BrN5OS/c22-14-7-18(29-10-14)15-8-16(27-21-19(15)20(23)25-11-26-21)12-1-3-13(4-2-12)17-9-24-5-6-28-17/h1-4,7-8,10-11,17,24H,5-6,9H2,(H2,23,25,26,27). The van der Waals surface area contributed by atoms with E-state index in [0.29, 0.717) is 11.5 Å². The summed E-state index contributed by atoms with van der Waals surface area (Å²) in [5.74, 6) is 0.436. The number of rotatable bonds is 3. The van der Waals surface area contributed by atoms with E-state index in [-0.39, 0.29) is 6.10 Å². The van der Waals surface area contributed by atoms with Crippen LogP contribution in [0.25, 0.3) is 32.7 Å². The Balaban J connectivity index is 1.60. The van der Waals surface area contributed by atoms with Crippen molar-refractivity contribution in [3.8, 4) is 21.7 Å². The summed E-state index contributed by atoms with van der Waals surface area (Å²) in [6, 6.07) is 12.5. The number of ether oxygens (including phenoxy) is 1. The maximum absolute atomic E-state index is 6.17. The number of aromatic nitrogens is 3. The van der Waals surface area contributed by atoms with E-state index in [0.717, 1.165) is 56.8 Å². The number of morpholine rings is 1. The van der Waals surface area contributed by atoms with Gasteiger partial charge in [-0.3, -0.25) is 0 Å². The minimum atomic E-state index is 0.0916. The van der Waals surface area contributed by atoms with E-state index in [1.165, 1.54) is 6.33 Å². The molecule has 4 heterocycles. The average Bonchev–Trinajstić information content (AvgIpc) is 3.20. The number of anilines is 1. The highest BCUT2D eigenvalue weighted by molar-refractivity contribution is 9.10. The Morgan fingerprint density at radius 1 is 1.17 bits per heavy atom. The number of pyridine rings is 1. The van der Waals surface area contributed by atoms with E-state index in [1.54, 1.807) is 11.3 Å². The van der Waals surface area contributed by atoms with Gasteiger partial charge in [0.1, 0.15) is 12.1 Å². The van der Waals surface area contributed by atoms with E-state index in [2.05, 4.69) is 67.6 Å². The molecule has 1 atom stereocenters. The molecule has 3 aromatic heterocycles. The second kappa shape index (κ2) is 7.79. The lowest BCUT2D eigenvalue weighted by atomic mass is 10.0. The summed E-state index contributed by atoms with van der Waals surface area (Å²) in [7, 11) is 0. The summed E-state index contributed by atoms with van der Waals surface area (Å²) in [5, 5.41) is 6.20. The van der Waals surface area contributed by atoms with Crippen molar-refractivity contribution < 1.29 is 4.74 Å². The van der Waals surface area contributed by atoms with Crippen molar-refractivity contribution in [2.24, 2.45) is 0 Å². The minimum Gasteiger partial charge on any atom is -0.383 e. The van der Waals surface area contributed by atoms with Crippen molar-refractivity contribution >= 4 is 44.1 Å². The van der Waals surface area contributed by atoms with Gasteiger partial charge >= 0.3 is 0 Å². The van der Waals surface area contributed by atoms with E-state index in [1.807, 2.05) is 5.38 Å². The summed E-state index contributed by atoms with van der Waals surface area (Å²) >= 11 is 5.18. The van der Waals surface area contributed by atoms with Gasteiger partial charge in [0.15, 0.2) is 5.65 Å². The first-order chi connectivity index (χ1) is 14.2. The van der Waals surface area contributed by atoms with E-state index in [9.17, 15) is 0 Å². The third-order valence-corrected chi connectivity index (χ3v) is 6.70. The molecule has 1 aromatic carbocycles. The van der Waals surface area contributed by atoms with Gasteiger partial charge in [-0.25, -0.2) is 15.0 Å². The Hall–Kier alpha value is -2.39. The van der Waals surface area contributed by atoms with E-state index < -0.39 is 0 Å². The zero-order chi connectivity index (χ0) is 19.8. The van der Waals surface area contributed by atoms with Gasteiger partial charge in [-0.15, -0.1) is 11.3 Å². The molecule has 0 aliphatic carbocycles. The Bertz CT molecular complexity index is 1170. The molecule has 1 saturated heterocycles. The first kappa shape index (κ1) is 18.6. The molecule has 4 aromatic rings. The van der Waals surface area contributed by atoms with Crippen molar-refractivity contribution in [2.45, 2.75) is 6.10 Å². The Morgan fingerprint density at radius 3 is 2.76 bits per heavy atom. The number of fused-ring (bicyclic) bond motifs is 1. The summed E-state index contributed by atoms with van der Waals surface area (Å²) < 4.78 is 6.88. The Kier molecular flexibility index (Phi) is 5.01. The van der Waals surface area contributed by atoms with Crippen LogP contribution in [0.15, 0.2) is 52.6 Å². The molecular formula is C21H18BrN5OS. The van der Waals surface area contributed by atoms with Crippen LogP contribution in [0, 0.1) is 0 Å². The number of nitrogens with zero attached hydrogens (tertiary/aromatic N) is 3. The molecule has 0 bridgehead atoms. The maximum atomic E-state index is 6.17. The first-order valence-corrected chi connectivity index (χ1v) is 10.9. The predicted molar refractivity (Wildman–Crippen MR) is 120 cm³/mol. The molecule has 1 aliphatic rings. The quantitative estimate of drug-likeness (QED) is 0.463. The van der Waals surface area contributed by atoms with Gasteiger partial charge in [0, 0.05) is 38.9 Å². The number of benzene rings is 1. The molecule has 5 rings (SSSR count). The van der Waals surface area contributed by atoms with Crippen LogP contribution in [0.2, 0.25) is 0 Å². The zero-order valence-corrected chi connectivity index (χ0v) is 17.8. The summed E-state index contributed by atoms with van der Waals surface area (Å²) in [6.07, 6.45) is 1.55. The van der Waals surface area contributed by atoms with Crippen molar-refractivity contribution in [1.82, 2.24) is 20.3 Å². The molecule has 6 nitrogen and oxygen atoms in total. The number of halogens is 1. The lowest BCUT2D eigenvalue weighted by Gasteiger charge is -2.24. The first-order valence-electron chi connectivity index (χ1n) is 9.27. The molecular weight excluding hydrogens is 450 g/mol. The molecule has 29 heavy (non-hydrogen) atoms. The Labute approximate surface area is 180 Å². The fourth-order valence-electron chi connectivity index (χ4n) is 3.53. The number of nitrogen functional groups attached to an aromatic ring is 1. The summed E-state index contributed by atoms with van der Waals surface area (Å²) in [5.41, 5.74) is 10.8. The molecule has 1 aliphatic heterocycles. The fraction of sp³-hybridized carbons (Fsp3) is 0.190. The van der Waals surface area contributed by atoms with Crippen molar-refractivity contribution in [2.75, 3.05) is 25.4 Å². The third kappa shape index (κ3) is 3.64. The zero-order valence-electron chi connectivity index (χ0n) is 15.4. The van der Waals surface area contributed by atoms with Crippen LogP contribution in [0.5, 0.6) is 0 Å². The molecule has 1 fully saturated rings. The van der Waals surface area contributed by atoms with Gasteiger partial charge in [-0.05, 0) is 33.6 Å². The highest BCUT2D eigenvalue weighted by atomic mass is 79.9. The number of nitrogens with one attached hydrogen (secondary N) is 1. The van der Waals surface area contributed by atoms with E-state index in [4.69, 9.17) is 15.5 Å². The maximum Gasteiger partial charge on any atom is 0.165 e. The summed E-state index contributed by atoms with van der Waals surface area (Å²) in [6.45, 7) is 2.48. The average molecular weight is 468 g/mol. The van der Waals surface area contributed by atoms with Gasteiger partial charge in [-0.1, -0.05) is 24.3 Å². The molecule has 8 heteroatoms. The van der Waals surface area contributed by atoms with Crippen LogP contribution < -0.4 is 11.1 Å². The molecule has 146 valence electrons. The monoisotopic (exact) mass is 467 g/mol. The van der Waals surface area contributed by atoms with Crippen molar-refractivity contribution in [3.63, 3.8) is 0 Å². The molecule has 0 amide bonds. The van der Waals surface area contributed by atoms with Gasteiger partial charge in [-0.2, -0.15) is 0 Å². The van der Waals surface area contributed by atoms with Gasteiger partial charge in [0.25, 0.3) is 0 Å². The normalized spacial score (nSPS) is 16.9. The predicted octanol–water partition coefficient (Wildman–Crippen LogP) is 4.43. The third-order valence-electron chi connectivity index (χ3n) is 4.97. The molecule has 1 unspecified atom stereocenters. The van der Waals surface area contributed by atoms with Gasteiger partial charge in [0.05, 0.1) is 23.8 Å². The number of nitrogens with two attached hydrogens (primary N) is 1. The number of hydrogen-bond acceptors (Lipinski definition) is 7. The Morgan fingerprint density at radius 2 is 2.03 bits per heavy atom. The largest absolute Gasteiger partial charge is 0.383 e. The van der Waals surface area contributed by atoms with E-state index >= 15 is 0 Å². The lowest BCUT2D eigenvalue weighted by molar-refractivity contribution is 0.0277. The van der Waals surface area contributed by atoms with Crippen LogP contribution in [0.1, 0.15) is 11.7 Å². The second-order valence-corrected chi connectivity index (χ2v) is 8.65. The minimum absolute atomic E-state index is 0.0916.